The van der Waals surface area contributed by atoms with Crippen LogP contribution >= 0.6 is 27.5 Å². The second-order valence-electron chi connectivity index (χ2n) is 3.51. The predicted molar refractivity (Wildman–Crippen MR) is 70.6 cm³/mol. The monoisotopic (exact) mass is 296 g/mol. The average molecular weight is 298 g/mol. The van der Waals surface area contributed by atoms with E-state index in [-0.39, 0.29) is 0 Å². The number of hydrogen-bond acceptors (Lipinski definition) is 2. The molecule has 0 saturated carbocycles. The number of aromatic nitrogens is 1. The molecule has 0 aliphatic carbocycles. The van der Waals surface area contributed by atoms with Crippen molar-refractivity contribution in [3.63, 3.8) is 0 Å². The zero-order valence-electron chi connectivity index (χ0n) is 8.45. The molecule has 0 spiro atoms. The quantitative estimate of drug-likeness (QED) is 0.859. The van der Waals surface area contributed by atoms with Crippen LogP contribution in [-0.2, 0) is 6.42 Å². The van der Waals surface area contributed by atoms with Crippen LogP contribution in [0.5, 0.6) is 0 Å². The zero-order chi connectivity index (χ0) is 11.5. The molecule has 0 bridgehead atoms. The Balaban J connectivity index is 2.29. The van der Waals surface area contributed by atoms with Crippen LogP contribution in [-0.4, -0.2) is 4.98 Å². The van der Waals surface area contributed by atoms with Crippen LogP contribution in [0.2, 0.25) is 5.02 Å². The fourth-order valence-corrected chi connectivity index (χ4v) is 2.34. The summed E-state index contributed by atoms with van der Waals surface area (Å²) in [6.45, 7) is 0. The first-order chi connectivity index (χ1) is 7.66. The SMILES string of the molecule is Nc1c(Cl)cc(Cc2ccncc2)cc1Br. The van der Waals surface area contributed by atoms with Gasteiger partial charge in [-0.15, -0.1) is 0 Å². The number of hydrogen-bond donors (Lipinski definition) is 1. The summed E-state index contributed by atoms with van der Waals surface area (Å²) in [6.07, 6.45) is 4.38. The zero-order valence-corrected chi connectivity index (χ0v) is 10.8. The number of rotatable bonds is 2. The van der Waals surface area contributed by atoms with Gasteiger partial charge in [0.25, 0.3) is 0 Å². The van der Waals surface area contributed by atoms with Crippen LogP contribution < -0.4 is 5.73 Å². The summed E-state index contributed by atoms with van der Waals surface area (Å²) in [5.41, 5.74) is 8.66. The second-order valence-corrected chi connectivity index (χ2v) is 4.77. The van der Waals surface area contributed by atoms with E-state index in [0.29, 0.717) is 10.7 Å². The van der Waals surface area contributed by atoms with Gasteiger partial charge in [0.05, 0.1) is 10.7 Å². The van der Waals surface area contributed by atoms with Gasteiger partial charge in [0.15, 0.2) is 0 Å². The van der Waals surface area contributed by atoms with Crippen molar-refractivity contribution in [3.05, 3.63) is 57.3 Å². The summed E-state index contributed by atoms with van der Waals surface area (Å²) in [5, 5.41) is 0.582. The highest BCUT2D eigenvalue weighted by Gasteiger charge is 2.05. The number of halogens is 2. The van der Waals surface area contributed by atoms with Crippen molar-refractivity contribution < 1.29 is 0 Å². The van der Waals surface area contributed by atoms with E-state index in [0.717, 1.165) is 16.5 Å². The lowest BCUT2D eigenvalue weighted by molar-refractivity contribution is 1.16. The Labute approximate surface area is 108 Å². The van der Waals surface area contributed by atoms with Gasteiger partial charge in [-0.3, -0.25) is 4.98 Å². The van der Waals surface area contributed by atoms with Crippen molar-refractivity contribution in [2.45, 2.75) is 6.42 Å². The molecule has 0 aliphatic heterocycles. The highest BCUT2D eigenvalue weighted by atomic mass is 79.9. The van der Waals surface area contributed by atoms with E-state index < -0.39 is 0 Å². The molecule has 0 radical (unpaired) electrons. The Hall–Kier alpha value is -1.06. The van der Waals surface area contributed by atoms with Gasteiger partial charge in [-0.25, -0.2) is 0 Å². The molecule has 4 heteroatoms. The molecule has 0 aliphatic rings. The van der Waals surface area contributed by atoms with E-state index >= 15 is 0 Å². The number of benzene rings is 1. The fourth-order valence-electron chi connectivity index (χ4n) is 1.48. The van der Waals surface area contributed by atoms with E-state index in [4.69, 9.17) is 17.3 Å². The Bertz CT molecular complexity index is 477. The molecule has 0 saturated heterocycles. The first-order valence-corrected chi connectivity index (χ1v) is 5.96. The van der Waals surface area contributed by atoms with Crippen LogP contribution in [0.3, 0.4) is 0 Å². The van der Waals surface area contributed by atoms with E-state index in [2.05, 4.69) is 20.9 Å². The van der Waals surface area contributed by atoms with E-state index in [1.807, 2.05) is 24.3 Å². The van der Waals surface area contributed by atoms with Crippen molar-refractivity contribution >= 4 is 33.2 Å². The largest absolute Gasteiger partial charge is 0.397 e. The summed E-state index contributed by atoms with van der Waals surface area (Å²) in [5.74, 6) is 0. The molecule has 0 amide bonds. The Kier molecular flexibility index (Phi) is 3.46. The van der Waals surface area contributed by atoms with Crippen LogP contribution in [0.1, 0.15) is 11.1 Å². The molecule has 2 nitrogen and oxygen atoms in total. The summed E-state index contributed by atoms with van der Waals surface area (Å²) in [7, 11) is 0. The third-order valence-corrected chi connectivity index (χ3v) is 3.27. The number of nitrogen functional groups attached to an aromatic ring is 1. The Morgan fingerprint density at radius 1 is 1.19 bits per heavy atom. The first-order valence-electron chi connectivity index (χ1n) is 4.79. The van der Waals surface area contributed by atoms with Crippen LogP contribution in [0, 0.1) is 0 Å². The second kappa shape index (κ2) is 4.85. The summed E-state index contributed by atoms with van der Waals surface area (Å²) in [4.78, 5) is 3.98. The maximum absolute atomic E-state index is 6.02. The number of pyridine rings is 1. The minimum atomic E-state index is 0.582. The number of anilines is 1. The fraction of sp³-hybridized carbons (Fsp3) is 0.0833. The predicted octanol–water partition coefficient (Wildman–Crippen LogP) is 3.67. The Morgan fingerprint density at radius 2 is 1.88 bits per heavy atom. The molecular formula is C12H10BrClN2. The molecule has 0 atom stereocenters. The van der Waals surface area contributed by atoms with Crippen LogP contribution in [0.15, 0.2) is 41.1 Å². The smallest absolute Gasteiger partial charge is 0.0649 e. The molecule has 1 aromatic heterocycles. The molecule has 1 aromatic carbocycles. The molecule has 2 rings (SSSR count). The van der Waals surface area contributed by atoms with Gasteiger partial charge in [0, 0.05) is 16.9 Å². The normalized spacial score (nSPS) is 10.4. The lowest BCUT2D eigenvalue weighted by Gasteiger charge is -2.06. The number of nitrogens with two attached hydrogens (primary N) is 1. The van der Waals surface area contributed by atoms with Gasteiger partial charge in [0.1, 0.15) is 0 Å². The third kappa shape index (κ3) is 2.54. The molecule has 1 heterocycles. The summed E-state index contributed by atoms with van der Waals surface area (Å²) in [6, 6.07) is 7.85. The summed E-state index contributed by atoms with van der Waals surface area (Å²) < 4.78 is 0.837. The average Bonchev–Trinajstić information content (AvgIpc) is 2.27. The first kappa shape index (κ1) is 11.4. The minimum Gasteiger partial charge on any atom is -0.397 e. The molecule has 0 unspecified atom stereocenters. The molecule has 82 valence electrons. The van der Waals surface area contributed by atoms with Gasteiger partial charge >= 0.3 is 0 Å². The van der Waals surface area contributed by atoms with Crippen molar-refractivity contribution in [1.29, 1.82) is 0 Å². The molecule has 2 N–H and O–H groups in total. The highest BCUT2D eigenvalue weighted by molar-refractivity contribution is 9.10. The van der Waals surface area contributed by atoms with E-state index in [1.165, 1.54) is 5.56 Å². The topological polar surface area (TPSA) is 38.9 Å². The van der Waals surface area contributed by atoms with Gasteiger partial charge in [-0.2, -0.15) is 0 Å². The van der Waals surface area contributed by atoms with Crippen molar-refractivity contribution in [1.82, 2.24) is 4.98 Å². The lowest BCUT2D eigenvalue weighted by atomic mass is 10.1. The van der Waals surface area contributed by atoms with Crippen molar-refractivity contribution in [2.24, 2.45) is 0 Å². The number of nitrogens with zero attached hydrogens (tertiary/aromatic N) is 1. The third-order valence-electron chi connectivity index (χ3n) is 2.30. The lowest BCUT2D eigenvalue weighted by Crippen LogP contribution is -1.93. The van der Waals surface area contributed by atoms with Gasteiger partial charge < -0.3 is 5.73 Å². The minimum absolute atomic E-state index is 0.582. The molecule has 16 heavy (non-hydrogen) atoms. The van der Waals surface area contributed by atoms with Gasteiger partial charge in [-0.05, 0) is 57.7 Å². The maximum atomic E-state index is 6.02. The molecular weight excluding hydrogens is 288 g/mol. The highest BCUT2D eigenvalue weighted by Crippen LogP contribution is 2.29. The Morgan fingerprint density at radius 3 is 2.50 bits per heavy atom. The van der Waals surface area contributed by atoms with Crippen LogP contribution in [0.25, 0.3) is 0 Å². The van der Waals surface area contributed by atoms with E-state index in [1.54, 1.807) is 12.4 Å². The van der Waals surface area contributed by atoms with E-state index in [9.17, 15) is 0 Å². The summed E-state index contributed by atoms with van der Waals surface area (Å²) >= 11 is 9.41. The van der Waals surface area contributed by atoms with Gasteiger partial charge in [0.2, 0.25) is 0 Å². The van der Waals surface area contributed by atoms with Crippen molar-refractivity contribution in [2.75, 3.05) is 5.73 Å². The van der Waals surface area contributed by atoms with Crippen molar-refractivity contribution in [3.8, 4) is 0 Å². The standard InChI is InChI=1S/C12H10BrClN2/c13-10-6-9(7-11(14)12(10)15)5-8-1-3-16-4-2-8/h1-4,6-7H,5,15H2. The maximum Gasteiger partial charge on any atom is 0.0649 e. The molecule has 2 aromatic rings. The van der Waals surface area contributed by atoms with Crippen LogP contribution in [0.4, 0.5) is 5.69 Å². The molecule has 0 fully saturated rings. The van der Waals surface area contributed by atoms with Gasteiger partial charge in [-0.1, -0.05) is 11.6 Å².